The first-order chi connectivity index (χ1) is 34.4. The van der Waals surface area contributed by atoms with Crippen molar-refractivity contribution in [2.24, 2.45) is 0 Å². The molecule has 0 amide bonds. The minimum Gasteiger partial charge on any atom is -0.302 e. The topological polar surface area (TPSA) is 3.24 Å². The van der Waals surface area contributed by atoms with Crippen molar-refractivity contribution in [1.82, 2.24) is 0 Å². The van der Waals surface area contributed by atoms with Crippen LogP contribution in [-0.2, 0) is 5.41 Å². The summed E-state index contributed by atoms with van der Waals surface area (Å²) in [6, 6.07) is 60.5. The van der Waals surface area contributed by atoms with Crippen molar-refractivity contribution in [3.8, 4) is 54.9 Å². The average molecular weight is 806 g/mol. The summed E-state index contributed by atoms with van der Waals surface area (Å²) in [7, 11) is 0. The Kier molecular flexibility index (Phi) is 6.97. The van der Waals surface area contributed by atoms with Crippen LogP contribution in [0.15, 0.2) is 248 Å². The Morgan fingerprint density at radius 1 is 0.361 bits per heavy atom. The van der Waals surface area contributed by atoms with Gasteiger partial charge in [-0.05, 0) is 115 Å². The highest BCUT2D eigenvalue weighted by Gasteiger charge is 2.46. The number of thiophene rings is 1. The zero-order valence-corrected chi connectivity index (χ0v) is 33.6. The predicted molar refractivity (Wildman–Crippen MR) is 258 cm³/mol. The lowest BCUT2D eigenvalue weighted by molar-refractivity contribution is 0.769. The molecule has 9 aromatic carbocycles. The number of hydrogen-bond acceptors (Lipinski definition) is 2. The molecule has 288 valence electrons. The van der Waals surface area contributed by atoms with Crippen LogP contribution in [0.5, 0.6) is 0 Å². The normalized spacial score (nSPS) is 14.7. The van der Waals surface area contributed by atoms with Crippen LogP contribution in [-0.4, -0.2) is 0 Å². The van der Waals surface area contributed by atoms with E-state index < -0.39 is 41.7 Å². The third-order valence-electron chi connectivity index (χ3n) is 11.6. The molecule has 0 spiro atoms. The van der Waals surface area contributed by atoms with Gasteiger partial charge in [0.15, 0.2) is 0 Å². The highest BCUT2D eigenvalue weighted by molar-refractivity contribution is 7.19. The second kappa shape index (κ2) is 15.6. The molecule has 10 aromatic rings. The van der Waals surface area contributed by atoms with Gasteiger partial charge in [-0.25, -0.2) is 0 Å². The quantitative estimate of drug-likeness (QED) is 0.140. The molecule has 0 aliphatic heterocycles. The van der Waals surface area contributed by atoms with E-state index >= 15 is 0 Å². The van der Waals surface area contributed by atoms with Gasteiger partial charge in [0.2, 0.25) is 0 Å². The van der Waals surface area contributed by atoms with E-state index in [1.54, 1.807) is 35.6 Å². The van der Waals surface area contributed by atoms with Crippen LogP contribution in [0.1, 0.15) is 36.0 Å². The van der Waals surface area contributed by atoms with Crippen LogP contribution in [0, 0.1) is 0 Å². The molecule has 2 heteroatoms. The molecular formula is C59H41NS. The standard InChI is InChI=1S/C59H41NS/c1-5-15-42(16-6-1)44-29-34-51(35-30-44)60(52-36-31-45(32-37-52)43-17-7-2-8-18-43)58-40-39-57(61-58)47-27-25-46(26-28-47)48-33-38-54-53-23-13-14-24-55(53)59(56(54)41-48,49-19-9-3-10-20-49)50-21-11-4-12-22-50/h1-41H/i1D,2D,5D,6D,7D,8D,15D,16D,17D,18D. The molecule has 1 heterocycles. The molecule has 1 nitrogen and oxygen atoms in total. The lowest BCUT2D eigenvalue weighted by atomic mass is 9.67. The fourth-order valence-electron chi connectivity index (χ4n) is 8.80. The van der Waals surface area contributed by atoms with E-state index in [1.807, 2.05) is 35.2 Å². The van der Waals surface area contributed by atoms with Gasteiger partial charge in [-0.15, -0.1) is 11.3 Å². The summed E-state index contributed by atoms with van der Waals surface area (Å²) in [5.41, 5.74) is 12.7. The molecule has 61 heavy (non-hydrogen) atoms. The summed E-state index contributed by atoms with van der Waals surface area (Å²) >= 11 is 1.58. The second-order valence-corrected chi connectivity index (χ2v) is 16.0. The maximum absolute atomic E-state index is 8.58. The molecule has 0 unspecified atom stereocenters. The first-order valence-corrected chi connectivity index (χ1v) is 20.9. The predicted octanol–water partition coefficient (Wildman–Crippen LogP) is 16.2. The van der Waals surface area contributed by atoms with Crippen LogP contribution in [0.3, 0.4) is 0 Å². The van der Waals surface area contributed by atoms with E-state index in [2.05, 4.69) is 133 Å². The zero-order valence-electron chi connectivity index (χ0n) is 42.8. The smallest absolute Gasteiger partial charge is 0.101 e. The number of benzene rings is 9. The monoisotopic (exact) mass is 805 g/mol. The van der Waals surface area contributed by atoms with Gasteiger partial charge < -0.3 is 4.90 Å². The molecule has 1 aromatic heterocycles. The maximum atomic E-state index is 8.58. The number of anilines is 3. The van der Waals surface area contributed by atoms with Gasteiger partial charge in [0, 0.05) is 16.3 Å². The number of hydrogen-bond donors (Lipinski definition) is 0. The largest absolute Gasteiger partial charge is 0.302 e. The Bertz CT molecular complexity index is 3480. The van der Waals surface area contributed by atoms with E-state index in [-0.39, 0.29) is 35.3 Å². The van der Waals surface area contributed by atoms with Crippen LogP contribution in [0.25, 0.3) is 54.9 Å². The van der Waals surface area contributed by atoms with Crippen molar-refractivity contribution in [3.63, 3.8) is 0 Å². The number of rotatable bonds is 9. The molecule has 11 rings (SSSR count). The van der Waals surface area contributed by atoms with Gasteiger partial charge >= 0.3 is 0 Å². The summed E-state index contributed by atoms with van der Waals surface area (Å²) in [5, 5.41) is 0.853. The van der Waals surface area contributed by atoms with E-state index in [4.69, 9.17) is 13.7 Å². The Balaban J connectivity index is 0.968. The van der Waals surface area contributed by atoms with Gasteiger partial charge in [-0.2, -0.15) is 0 Å². The van der Waals surface area contributed by atoms with Crippen LogP contribution >= 0.6 is 11.3 Å². The van der Waals surface area contributed by atoms with Crippen molar-refractivity contribution in [3.05, 3.63) is 271 Å². The molecule has 1 aliphatic rings. The Labute approximate surface area is 376 Å². The Morgan fingerprint density at radius 2 is 0.820 bits per heavy atom. The first-order valence-electron chi connectivity index (χ1n) is 25.1. The van der Waals surface area contributed by atoms with Crippen molar-refractivity contribution >= 4 is 27.7 Å². The third kappa shape index (κ3) is 6.50. The van der Waals surface area contributed by atoms with Crippen LogP contribution in [0.2, 0.25) is 0 Å². The Hall–Kier alpha value is -7.52. The van der Waals surface area contributed by atoms with Crippen LogP contribution < -0.4 is 4.90 Å². The van der Waals surface area contributed by atoms with E-state index in [9.17, 15) is 0 Å². The summed E-state index contributed by atoms with van der Waals surface area (Å²) in [5.74, 6) is 0. The van der Waals surface area contributed by atoms with Crippen molar-refractivity contribution in [2.75, 3.05) is 4.90 Å². The molecular weight excluding hydrogens is 755 g/mol. The Morgan fingerprint density at radius 3 is 1.39 bits per heavy atom. The van der Waals surface area contributed by atoms with Gasteiger partial charge in [-0.3, -0.25) is 0 Å². The minimum atomic E-state index is -0.510. The summed E-state index contributed by atoms with van der Waals surface area (Å²) < 4.78 is 83.5. The molecule has 1 aliphatic carbocycles. The van der Waals surface area contributed by atoms with Gasteiger partial charge in [0.05, 0.1) is 19.1 Å². The average Bonchev–Trinajstić information content (AvgIpc) is 4.02. The van der Waals surface area contributed by atoms with Gasteiger partial charge in [0.25, 0.3) is 0 Å². The molecule has 0 fully saturated rings. The van der Waals surface area contributed by atoms with Gasteiger partial charge in [0.1, 0.15) is 5.00 Å². The van der Waals surface area contributed by atoms with Gasteiger partial charge in [-0.1, -0.05) is 206 Å². The summed E-state index contributed by atoms with van der Waals surface area (Å²) in [4.78, 5) is 3.05. The van der Waals surface area contributed by atoms with E-state index in [1.165, 1.54) is 33.4 Å². The third-order valence-corrected chi connectivity index (χ3v) is 12.7. The van der Waals surface area contributed by atoms with Crippen LogP contribution in [0.4, 0.5) is 16.4 Å². The van der Waals surface area contributed by atoms with Crippen molar-refractivity contribution < 1.29 is 13.7 Å². The first kappa shape index (κ1) is 27.3. The molecule has 0 saturated carbocycles. The SMILES string of the molecule is [2H]c1c([2H])c([2H])c(-c2ccc(N(c3ccc(-c4c([2H])c([2H])c([2H])c([2H])c4[2H])cc3)c3ccc(-c4ccc(-c5ccc6c(c5)C(c5ccccc5)(c5ccccc5)c5ccccc5-6)cc4)s3)cc2)c([2H])c1[2H]. The minimum absolute atomic E-state index is 0.107. The van der Waals surface area contributed by atoms with E-state index in [0.717, 1.165) is 37.9 Å². The lowest BCUT2D eigenvalue weighted by Crippen LogP contribution is -2.28. The summed E-state index contributed by atoms with van der Waals surface area (Å²) in [6.07, 6.45) is 0. The lowest BCUT2D eigenvalue weighted by Gasteiger charge is -2.34. The van der Waals surface area contributed by atoms with Crippen molar-refractivity contribution in [2.45, 2.75) is 5.41 Å². The molecule has 0 N–H and O–H groups in total. The number of nitrogens with zero attached hydrogens (tertiary/aromatic N) is 1. The fraction of sp³-hybridized carbons (Fsp3) is 0.0169. The maximum Gasteiger partial charge on any atom is 0.101 e. The molecule has 0 saturated heterocycles. The number of fused-ring (bicyclic) bond motifs is 3. The highest BCUT2D eigenvalue weighted by Crippen LogP contribution is 2.56. The molecule has 0 radical (unpaired) electrons. The second-order valence-electron chi connectivity index (χ2n) is 14.9. The van der Waals surface area contributed by atoms with Crippen molar-refractivity contribution in [1.29, 1.82) is 0 Å². The summed E-state index contributed by atoms with van der Waals surface area (Å²) in [6.45, 7) is 0. The highest BCUT2D eigenvalue weighted by atomic mass is 32.1. The zero-order chi connectivity index (χ0) is 49.3. The fourth-order valence-corrected chi connectivity index (χ4v) is 9.85. The van der Waals surface area contributed by atoms with E-state index in [0.29, 0.717) is 11.1 Å². The molecule has 0 bridgehead atoms. The molecule has 0 atom stereocenters.